The summed E-state index contributed by atoms with van der Waals surface area (Å²) in [5.41, 5.74) is 13.0. The van der Waals surface area contributed by atoms with Crippen molar-refractivity contribution in [3.8, 4) is 5.88 Å². The van der Waals surface area contributed by atoms with Gasteiger partial charge in [-0.2, -0.15) is 9.97 Å². The molecule has 7 N–H and O–H groups in total. The minimum Gasteiger partial charge on any atom is -0.474 e. The van der Waals surface area contributed by atoms with E-state index in [1.54, 1.807) is 0 Å². The number of carbonyl (C=O) groups is 1. The van der Waals surface area contributed by atoms with Gasteiger partial charge >= 0.3 is 0 Å². The van der Waals surface area contributed by atoms with Crippen molar-refractivity contribution in [2.45, 2.75) is 19.9 Å². The first-order valence-electron chi connectivity index (χ1n) is 8.19. The number of nitrogens with zero attached hydrogens (tertiary/aromatic N) is 2. The Hall–Kier alpha value is -2.91. The number of hydrogen-bond acceptors (Lipinski definition) is 8. The maximum Gasteiger partial charge on any atom is 0.258 e. The predicted molar refractivity (Wildman–Crippen MR) is 99.7 cm³/mol. The molecule has 9 nitrogen and oxygen atoms in total. The quantitative estimate of drug-likeness (QED) is 0.440. The number of rotatable bonds is 9. The van der Waals surface area contributed by atoms with E-state index in [1.165, 1.54) is 0 Å². The number of benzene rings is 1. The zero-order valence-electron chi connectivity index (χ0n) is 14.8. The van der Waals surface area contributed by atoms with Crippen LogP contribution in [0.15, 0.2) is 24.3 Å². The Morgan fingerprint density at radius 1 is 1.38 bits per heavy atom. The van der Waals surface area contributed by atoms with Crippen LogP contribution in [-0.4, -0.2) is 46.8 Å². The molecule has 1 heterocycles. The molecule has 1 aromatic carbocycles. The number of carbonyl (C=O) groups excluding carboxylic acids is 1. The lowest BCUT2D eigenvalue weighted by Gasteiger charge is -2.16. The number of primary amides is 1. The van der Waals surface area contributed by atoms with Gasteiger partial charge in [0.1, 0.15) is 12.2 Å². The molecule has 2 aromatic rings. The van der Waals surface area contributed by atoms with Crippen molar-refractivity contribution in [2.75, 3.05) is 30.4 Å². The van der Waals surface area contributed by atoms with Gasteiger partial charge in [-0.3, -0.25) is 4.79 Å². The molecule has 0 unspecified atom stereocenters. The first-order chi connectivity index (χ1) is 12.4. The van der Waals surface area contributed by atoms with Gasteiger partial charge in [0.15, 0.2) is 5.82 Å². The van der Waals surface area contributed by atoms with Crippen LogP contribution in [-0.2, 0) is 0 Å². The van der Waals surface area contributed by atoms with E-state index in [0.717, 1.165) is 11.3 Å². The van der Waals surface area contributed by atoms with E-state index < -0.39 is 5.91 Å². The average Bonchev–Trinajstić information content (AvgIpc) is 2.57. The molecule has 2 rings (SSSR count). The summed E-state index contributed by atoms with van der Waals surface area (Å²) < 4.78 is 5.38. The second-order valence-electron chi connectivity index (χ2n) is 5.86. The molecule has 0 bridgehead atoms. The van der Waals surface area contributed by atoms with Gasteiger partial charge in [-0.1, -0.05) is 12.1 Å². The van der Waals surface area contributed by atoms with Crippen LogP contribution in [0.3, 0.4) is 0 Å². The molecule has 1 amide bonds. The normalized spacial score (nSPS) is 11.7. The van der Waals surface area contributed by atoms with Gasteiger partial charge < -0.3 is 31.9 Å². The third kappa shape index (κ3) is 5.30. The van der Waals surface area contributed by atoms with Crippen molar-refractivity contribution in [1.29, 1.82) is 0 Å². The van der Waals surface area contributed by atoms with Gasteiger partial charge in [0.2, 0.25) is 11.8 Å². The van der Waals surface area contributed by atoms with Gasteiger partial charge in [-0.05, 0) is 31.5 Å². The molecule has 0 aliphatic rings. The summed E-state index contributed by atoms with van der Waals surface area (Å²) >= 11 is 0. The lowest BCUT2D eigenvalue weighted by Crippen LogP contribution is -2.26. The van der Waals surface area contributed by atoms with E-state index >= 15 is 0 Å². The number of amides is 1. The van der Waals surface area contributed by atoms with Crippen LogP contribution in [0.2, 0.25) is 0 Å². The summed E-state index contributed by atoms with van der Waals surface area (Å²) in [4.78, 5) is 20.5. The maximum absolute atomic E-state index is 12.0. The zero-order valence-corrected chi connectivity index (χ0v) is 14.8. The van der Waals surface area contributed by atoms with E-state index in [-0.39, 0.29) is 42.5 Å². The lowest BCUT2D eigenvalue weighted by molar-refractivity contribution is 0.0994. The zero-order chi connectivity index (χ0) is 19.1. The number of anilines is 3. The smallest absolute Gasteiger partial charge is 0.258 e. The average molecular weight is 360 g/mol. The fourth-order valence-electron chi connectivity index (χ4n) is 2.19. The third-order valence-corrected chi connectivity index (χ3v) is 3.32. The van der Waals surface area contributed by atoms with Crippen LogP contribution < -0.4 is 26.8 Å². The molecular weight excluding hydrogens is 336 g/mol. The predicted octanol–water partition coefficient (Wildman–Crippen LogP) is 0.758. The van der Waals surface area contributed by atoms with Crippen molar-refractivity contribution in [2.24, 2.45) is 11.5 Å². The van der Waals surface area contributed by atoms with E-state index in [2.05, 4.69) is 20.6 Å². The molecular formula is C17H24N6O3. The fraction of sp³-hybridized carbons (Fsp3) is 0.353. The monoisotopic (exact) mass is 360 g/mol. The second-order valence-corrected chi connectivity index (χ2v) is 5.86. The Morgan fingerprint density at radius 2 is 2.15 bits per heavy atom. The number of aliphatic hydroxyl groups excluding tert-OH is 1. The van der Waals surface area contributed by atoms with Crippen LogP contribution >= 0.6 is 0 Å². The molecule has 0 saturated carbocycles. The first kappa shape index (κ1) is 19.4. The van der Waals surface area contributed by atoms with Crippen LogP contribution in [0.4, 0.5) is 17.5 Å². The second kappa shape index (κ2) is 8.97. The van der Waals surface area contributed by atoms with Gasteiger partial charge in [-0.15, -0.1) is 0 Å². The Balaban J connectivity index is 2.46. The number of ether oxygens (including phenoxy) is 1. The molecule has 0 aliphatic heterocycles. The van der Waals surface area contributed by atoms with E-state index in [4.69, 9.17) is 21.3 Å². The SMILES string of the molecule is Cc1cccc(Nc2nc(NC[C@H](C)N)nc(OCCO)c2C(N)=O)c1. The topological polar surface area (TPSA) is 148 Å². The van der Waals surface area contributed by atoms with Crippen molar-refractivity contribution >= 4 is 23.4 Å². The van der Waals surface area contributed by atoms with Gasteiger partial charge in [0, 0.05) is 18.3 Å². The summed E-state index contributed by atoms with van der Waals surface area (Å²) in [6, 6.07) is 7.44. The van der Waals surface area contributed by atoms with E-state index in [1.807, 2.05) is 38.1 Å². The number of aromatic nitrogens is 2. The third-order valence-electron chi connectivity index (χ3n) is 3.32. The highest BCUT2D eigenvalue weighted by Crippen LogP contribution is 2.27. The molecule has 9 heteroatoms. The van der Waals surface area contributed by atoms with Crippen molar-refractivity contribution < 1.29 is 14.6 Å². The lowest BCUT2D eigenvalue weighted by atomic mass is 10.2. The largest absolute Gasteiger partial charge is 0.474 e. The Kier molecular flexibility index (Phi) is 6.70. The Bertz CT molecular complexity index is 766. The van der Waals surface area contributed by atoms with Crippen LogP contribution in [0.25, 0.3) is 0 Å². The summed E-state index contributed by atoms with van der Waals surface area (Å²) in [5.74, 6) is -0.315. The van der Waals surface area contributed by atoms with Crippen molar-refractivity contribution in [3.05, 3.63) is 35.4 Å². The highest BCUT2D eigenvalue weighted by molar-refractivity contribution is 6.00. The molecule has 1 atom stereocenters. The number of nitrogens with one attached hydrogen (secondary N) is 2. The highest BCUT2D eigenvalue weighted by Gasteiger charge is 2.21. The molecule has 0 fully saturated rings. The fourth-order valence-corrected chi connectivity index (χ4v) is 2.19. The Morgan fingerprint density at radius 3 is 2.77 bits per heavy atom. The molecule has 0 radical (unpaired) electrons. The molecule has 140 valence electrons. The summed E-state index contributed by atoms with van der Waals surface area (Å²) in [5, 5.41) is 15.1. The van der Waals surface area contributed by atoms with E-state index in [9.17, 15) is 4.79 Å². The summed E-state index contributed by atoms with van der Waals surface area (Å²) in [6.45, 7) is 3.95. The first-order valence-corrected chi connectivity index (χ1v) is 8.19. The minimum absolute atomic E-state index is 0.00584. The van der Waals surface area contributed by atoms with Crippen LogP contribution in [0.5, 0.6) is 5.88 Å². The van der Waals surface area contributed by atoms with Crippen LogP contribution in [0, 0.1) is 6.92 Å². The molecule has 26 heavy (non-hydrogen) atoms. The Labute approximate surface area is 151 Å². The van der Waals surface area contributed by atoms with Crippen molar-refractivity contribution in [1.82, 2.24) is 9.97 Å². The number of aryl methyl sites for hydroxylation is 1. The van der Waals surface area contributed by atoms with Crippen molar-refractivity contribution in [3.63, 3.8) is 0 Å². The van der Waals surface area contributed by atoms with Gasteiger partial charge in [-0.25, -0.2) is 0 Å². The summed E-state index contributed by atoms with van der Waals surface area (Å²) in [6.07, 6.45) is 0. The molecule has 0 spiro atoms. The number of hydrogen-bond donors (Lipinski definition) is 5. The van der Waals surface area contributed by atoms with Gasteiger partial charge in [0.05, 0.1) is 6.61 Å². The number of nitrogens with two attached hydrogens (primary N) is 2. The van der Waals surface area contributed by atoms with Crippen LogP contribution in [0.1, 0.15) is 22.8 Å². The molecule has 0 aliphatic carbocycles. The van der Waals surface area contributed by atoms with Gasteiger partial charge in [0.25, 0.3) is 5.91 Å². The highest BCUT2D eigenvalue weighted by atomic mass is 16.5. The number of aliphatic hydroxyl groups is 1. The maximum atomic E-state index is 12.0. The molecule has 1 aromatic heterocycles. The molecule has 0 saturated heterocycles. The summed E-state index contributed by atoms with van der Waals surface area (Å²) in [7, 11) is 0. The standard InChI is InChI=1S/C17H24N6O3/c1-10-4-3-5-12(8-10)21-15-13(14(19)25)16(26-7-6-24)23-17(22-15)20-9-11(2)18/h3-5,8,11,24H,6-7,9,18H2,1-2H3,(H2,19,25)(H2,20,21,22,23)/t11-/m0/s1. The van der Waals surface area contributed by atoms with E-state index in [0.29, 0.717) is 6.54 Å². The minimum atomic E-state index is -0.744.